The Labute approximate surface area is 360 Å². The number of pyridine rings is 1. The Bertz CT molecular complexity index is 3540. The summed E-state index contributed by atoms with van der Waals surface area (Å²) in [5.74, 6) is 0. The summed E-state index contributed by atoms with van der Waals surface area (Å²) in [6, 6.07) is 85.2. The molecule has 0 N–H and O–H groups in total. The van der Waals surface area contributed by atoms with Crippen molar-refractivity contribution in [2.75, 3.05) is 0 Å². The van der Waals surface area contributed by atoms with Gasteiger partial charge in [0.25, 0.3) is 0 Å². The maximum absolute atomic E-state index is 5.09. The van der Waals surface area contributed by atoms with Crippen molar-refractivity contribution >= 4 is 43.6 Å². The highest BCUT2D eigenvalue weighted by Crippen LogP contribution is 2.41. The van der Waals surface area contributed by atoms with Crippen molar-refractivity contribution in [3.05, 3.63) is 237 Å². The molecule has 3 nitrogen and oxygen atoms in total. The summed E-state index contributed by atoms with van der Waals surface area (Å²) in [6.45, 7) is 0. The third-order valence-corrected chi connectivity index (χ3v) is 12.3. The lowest BCUT2D eigenvalue weighted by Gasteiger charge is -2.14. The molecule has 3 aromatic heterocycles. The molecule has 3 heterocycles. The molecule has 0 bridgehead atoms. The van der Waals surface area contributed by atoms with Crippen molar-refractivity contribution < 1.29 is 0 Å². The normalized spacial score (nSPS) is 11.5. The van der Waals surface area contributed by atoms with E-state index in [1.807, 2.05) is 12.1 Å². The first-order valence-electron chi connectivity index (χ1n) is 21.2. The minimum absolute atomic E-state index is 0.964. The molecule has 0 fully saturated rings. The van der Waals surface area contributed by atoms with Crippen molar-refractivity contribution in [3.8, 4) is 67.3 Å². The van der Waals surface area contributed by atoms with Crippen LogP contribution in [0.15, 0.2) is 237 Å². The van der Waals surface area contributed by atoms with Crippen molar-refractivity contribution in [2.24, 2.45) is 0 Å². The molecule has 0 saturated heterocycles. The molecule has 12 rings (SSSR count). The van der Waals surface area contributed by atoms with Gasteiger partial charge in [-0.1, -0.05) is 176 Å². The van der Waals surface area contributed by atoms with Gasteiger partial charge in [0.1, 0.15) is 0 Å². The summed E-state index contributed by atoms with van der Waals surface area (Å²) < 4.78 is 4.84. The van der Waals surface area contributed by atoms with E-state index < -0.39 is 0 Å². The zero-order chi connectivity index (χ0) is 41.0. The fraction of sp³-hybridized carbons (Fsp3) is 0. The van der Waals surface area contributed by atoms with E-state index >= 15 is 0 Å². The summed E-state index contributed by atoms with van der Waals surface area (Å²) in [7, 11) is 0. The van der Waals surface area contributed by atoms with E-state index in [0.717, 1.165) is 45.0 Å². The number of hydrogen-bond acceptors (Lipinski definition) is 1. The summed E-state index contributed by atoms with van der Waals surface area (Å²) in [6.07, 6.45) is 0. The first-order valence-corrected chi connectivity index (χ1v) is 21.2. The molecule has 9 aromatic carbocycles. The Morgan fingerprint density at radius 1 is 0.258 bits per heavy atom. The van der Waals surface area contributed by atoms with Crippen LogP contribution in [0.5, 0.6) is 0 Å². The first kappa shape index (κ1) is 35.7. The number of hydrogen-bond donors (Lipinski definition) is 0. The monoisotopic (exact) mass is 789 g/mol. The number of benzene rings is 9. The fourth-order valence-electron chi connectivity index (χ4n) is 9.41. The van der Waals surface area contributed by atoms with Gasteiger partial charge in [-0.15, -0.1) is 0 Å². The van der Waals surface area contributed by atoms with Crippen LogP contribution in [-0.2, 0) is 0 Å². The molecule has 0 saturated carbocycles. The standard InChI is InChI=1S/C59H39N3/c1-4-16-42(17-5-1)54-38-46(39-55(60-54)43-18-6-2-7-19-43)41-32-30-40(31-33-41)44-34-35-58-53(37-44)51-25-11-12-28-56(51)61(58)48-23-14-20-45(36-48)49-26-15-27-52-50-24-10-13-29-57(50)62(59(49)52)47-21-8-3-9-22-47/h1-39H. The van der Waals surface area contributed by atoms with E-state index in [1.54, 1.807) is 0 Å². The molecule has 12 aromatic rings. The van der Waals surface area contributed by atoms with Gasteiger partial charge >= 0.3 is 0 Å². The van der Waals surface area contributed by atoms with Gasteiger partial charge in [0.05, 0.1) is 33.5 Å². The van der Waals surface area contributed by atoms with Crippen molar-refractivity contribution in [3.63, 3.8) is 0 Å². The van der Waals surface area contributed by atoms with E-state index in [1.165, 1.54) is 65.9 Å². The predicted molar refractivity (Wildman–Crippen MR) is 260 cm³/mol. The number of aromatic nitrogens is 3. The summed E-state index contributed by atoms with van der Waals surface area (Å²) in [5.41, 5.74) is 18.2. The lowest BCUT2D eigenvalue weighted by atomic mass is 9.97. The SMILES string of the molecule is c1ccc(-c2cc(-c3ccc(-c4ccc5c(c4)c4ccccc4n5-c4cccc(-c5cccc6c7ccccc7n(-c7ccccc7)c56)c4)cc3)cc(-c3ccccc3)n2)cc1. The Balaban J connectivity index is 0.947. The lowest BCUT2D eigenvalue weighted by Crippen LogP contribution is -1.97. The van der Waals surface area contributed by atoms with E-state index in [4.69, 9.17) is 4.98 Å². The Hall–Kier alpha value is -8.27. The number of para-hydroxylation sites is 4. The first-order chi connectivity index (χ1) is 30.7. The molecule has 62 heavy (non-hydrogen) atoms. The lowest BCUT2D eigenvalue weighted by molar-refractivity contribution is 1.17. The van der Waals surface area contributed by atoms with Crippen LogP contribution in [0.25, 0.3) is 111 Å². The Kier molecular flexibility index (Phi) is 8.50. The average Bonchev–Trinajstić information content (AvgIpc) is 3.88. The minimum atomic E-state index is 0.964. The van der Waals surface area contributed by atoms with Crippen LogP contribution in [-0.4, -0.2) is 14.1 Å². The molecule has 0 aliphatic carbocycles. The van der Waals surface area contributed by atoms with Gasteiger partial charge in [-0.3, -0.25) is 0 Å². The summed E-state index contributed by atoms with van der Waals surface area (Å²) in [5, 5.41) is 4.97. The topological polar surface area (TPSA) is 22.8 Å². The summed E-state index contributed by atoms with van der Waals surface area (Å²) >= 11 is 0. The fourth-order valence-corrected chi connectivity index (χ4v) is 9.41. The molecule has 0 aliphatic heterocycles. The van der Waals surface area contributed by atoms with Crippen LogP contribution >= 0.6 is 0 Å². The minimum Gasteiger partial charge on any atom is -0.309 e. The number of fused-ring (bicyclic) bond motifs is 6. The maximum Gasteiger partial charge on any atom is 0.0715 e. The molecule has 0 amide bonds. The molecule has 0 unspecified atom stereocenters. The number of nitrogens with zero attached hydrogens (tertiary/aromatic N) is 3. The quantitative estimate of drug-likeness (QED) is 0.158. The smallest absolute Gasteiger partial charge is 0.0715 e. The van der Waals surface area contributed by atoms with Crippen LogP contribution in [0.4, 0.5) is 0 Å². The third kappa shape index (κ3) is 6.02. The van der Waals surface area contributed by atoms with E-state index in [-0.39, 0.29) is 0 Å². The Morgan fingerprint density at radius 3 is 1.42 bits per heavy atom. The van der Waals surface area contributed by atoms with E-state index in [0.29, 0.717) is 0 Å². The Morgan fingerprint density at radius 2 is 0.742 bits per heavy atom. The summed E-state index contributed by atoms with van der Waals surface area (Å²) in [4.78, 5) is 5.09. The third-order valence-electron chi connectivity index (χ3n) is 12.3. The van der Waals surface area contributed by atoms with Crippen LogP contribution < -0.4 is 0 Å². The largest absolute Gasteiger partial charge is 0.309 e. The molecular formula is C59H39N3. The van der Waals surface area contributed by atoms with E-state index in [9.17, 15) is 0 Å². The molecule has 0 spiro atoms. The van der Waals surface area contributed by atoms with Gasteiger partial charge in [0.2, 0.25) is 0 Å². The van der Waals surface area contributed by atoms with Gasteiger partial charge in [-0.25, -0.2) is 4.98 Å². The zero-order valence-corrected chi connectivity index (χ0v) is 33.9. The highest BCUT2D eigenvalue weighted by Gasteiger charge is 2.18. The van der Waals surface area contributed by atoms with Crippen LogP contribution in [0.3, 0.4) is 0 Å². The van der Waals surface area contributed by atoms with Gasteiger partial charge in [0, 0.05) is 49.6 Å². The van der Waals surface area contributed by atoms with Gasteiger partial charge in [-0.2, -0.15) is 0 Å². The van der Waals surface area contributed by atoms with Crippen LogP contribution in [0.1, 0.15) is 0 Å². The molecule has 0 atom stereocenters. The van der Waals surface area contributed by atoms with Crippen LogP contribution in [0, 0.1) is 0 Å². The maximum atomic E-state index is 5.09. The second-order valence-electron chi connectivity index (χ2n) is 16.0. The van der Waals surface area contributed by atoms with Gasteiger partial charge in [0.15, 0.2) is 0 Å². The van der Waals surface area contributed by atoms with E-state index in [2.05, 4.69) is 234 Å². The highest BCUT2D eigenvalue weighted by atomic mass is 15.0. The van der Waals surface area contributed by atoms with Gasteiger partial charge < -0.3 is 9.13 Å². The van der Waals surface area contributed by atoms with Crippen molar-refractivity contribution in [1.29, 1.82) is 0 Å². The molecule has 0 aliphatic rings. The molecule has 0 radical (unpaired) electrons. The number of rotatable bonds is 7. The second kappa shape index (κ2) is 14.8. The molecule has 3 heteroatoms. The van der Waals surface area contributed by atoms with Crippen LogP contribution in [0.2, 0.25) is 0 Å². The average molecular weight is 790 g/mol. The van der Waals surface area contributed by atoms with Crippen molar-refractivity contribution in [2.45, 2.75) is 0 Å². The molecule has 290 valence electrons. The molecular weight excluding hydrogens is 751 g/mol. The van der Waals surface area contributed by atoms with Gasteiger partial charge in [-0.05, 0) is 88.5 Å². The zero-order valence-electron chi connectivity index (χ0n) is 33.9. The second-order valence-corrected chi connectivity index (χ2v) is 16.0. The highest BCUT2D eigenvalue weighted by molar-refractivity contribution is 6.14. The van der Waals surface area contributed by atoms with Crippen molar-refractivity contribution in [1.82, 2.24) is 14.1 Å². The predicted octanol–water partition coefficient (Wildman–Crippen LogP) is 15.6.